The molecule has 5 aromatic rings. The molecule has 2 aromatic heterocycles. The fraction of sp³-hybridized carbons (Fsp3) is 0.368. The molecular weight excluding hydrogens is 777 g/mol. The monoisotopic (exact) mass is 824 g/mol. The van der Waals surface area contributed by atoms with Gasteiger partial charge >= 0.3 is 5.97 Å². The fourth-order valence-electron chi connectivity index (χ4n) is 5.72. The molecule has 1 amide bonds. The summed E-state index contributed by atoms with van der Waals surface area (Å²) in [7, 11) is -4.96. The number of imidazole rings is 1. The molecule has 0 aliphatic rings. The molecule has 306 valence electrons. The highest BCUT2D eigenvalue weighted by atomic mass is 32.2. The SMILES string of the molecule is CCOCCOCCCNS(=O)(=O)c1ccc(-c2ccc(S(=O)(=O)NC(CNC(=O)c3ccc4c(cnn4CCCNc4nccn4C)c3)C(=O)OC)cc2)cc1. The van der Waals surface area contributed by atoms with Crippen LogP contribution in [0.3, 0.4) is 0 Å². The van der Waals surface area contributed by atoms with Crippen LogP contribution >= 0.6 is 0 Å². The van der Waals surface area contributed by atoms with Gasteiger partial charge in [0.1, 0.15) is 6.04 Å². The lowest BCUT2D eigenvalue weighted by Gasteiger charge is -2.17. The molecule has 57 heavy (non-hydrogen) atoms. The fourth-order valence-corrected chi connectivity index (χ4v) is 7.98. The van der Waals surface area contributed by atoms with Gasteiger partial charge in [-0.2, -0.15) is 9.82 Å². The van der Waals surface area contributed by atoms with Crippen molar-refractivity contribution in [1.29, 1.82) is 0 Å². The predicted molar refractivity (Wildman–Crippen MR) is 214 cm³/mol. The first-order valence-electron chi connectivity index (χ1n) is 18.3. The molecular formula is C38H48N8O9S2. The molecule has 0 aliphatic carbocycles. The Hall–Kier alpha value is -5.18. The number of anilines is 1. The Morgan fingerprint density at radius 3 is 2.18 bits per heavy atom. The summed E-state index contributed by atoms with van der Waals surface area (Å²) < 4.78 is 76.2. The van der Waals surface area contributed by atoms with E-state index in [1.54, 1.807) is 54.9 Å². The summed E-state index contributed by atoms with van der Waals surface area (Å²) in [4.78, 5) is 30.0. The number of carbonyl (C=O) groups is 2. The second-order valence-electron chi connectivity index (χ2n) is 12.8. The summed E-state index contributed by atoms with van der Waals surface area (Å²) in [5.74, 6) is -0.629. The van der Waals surface area contributed by atoms with Crippen LogP contribution in [0.4, 0.5) is 5.95 Å². The van der Waals surface area contributed by atoms with Crippen molar-refractivity contribution in [3.05, 3.63) is 90.9 Å². The molecule has 0 saturated carbocycles. The smallest absolute Gasteiger partial charge is 0.325 e. The lowest BCUT2D eigenvalue weighted by atomic mass is 10.1. The molecule has 3 aromatic carbocycles. The van der Waals surface area contributed by atoms with Gasteiger partial charge in [-0.1, -0.05) is 24.3 Å². The number of hydrogen-bond acceptors (Lipinski definition) is 12. The topological polar surface area (TPSA) is 214 Å². The Bertz CT molecular complexity index is 2310. The Labute approximate surface area is 332 Å². The van der Waals surface area contributed by atoms with Crippen molar-refractivity contribution in [2.24, 2.45) is 7.05 Å². The van der Waals surface area contributed by atoms with Gasteiger partial charge in [0.05, 0.1) is 41.8 Å². The molecule has 1 atom stereocenters. The van der Waals surface area contributed by atoms with Gasteiger partial charge in [0, 0.05) is 69.8 Å². The Kier molecular flexibility index (Phi) is 15.3. The van der Waals surface area contributed by atoms with E-state index in [2.05, 4.69) is 30.2 Å². The molecule has 0 fully saturated rings. The normalized spacial score (nSPS) is 12.4. The number of esters is 1. The van der Waals surface area contributed by atoms with Crippen LogP contribution in [0.2, 0.25) is 0 Å². The van der Waals surface area contributed by atoms with Crippen LogP contribution in [0.5, 0.6) is 0 Å². The number of hydrogen-bond donors (Lipinski definition) is 4. The molecule has 0 bridgehead atoms. The molecule has 0 spiro atoms. The van der Waals surface area contributed by atoms with Crippen molar-refractivity contribution in [2.75, 3.05) is 58.5 Å². The van der Waals surface area contributed by atoms with Crippen molar-refractivity contribution < 1.29 is 40.6 Å². The van der Waals surface area contributed by atoms with Gasteiger partial charge in [-0.05, 0) is 73.4 Å². The summed E-state index contributed by atoms with van der Waals surface area (Å²) in [5, 5.41) is 11.1. The molecule has 2 heterocycles. The highest BCUT2D eigenvalue weighted by molar-refractivity contribution is 7.89. The lowest BCUT2D eigenvalue weighted by molar-refractivity contribution is -0.142. The van der Waals surface area contributed by atoms with E-state index in [1.165, 1.54) is 24.3 Å². The van der Waals surface area contributed by atoms with E-state index < -0.39 is 38.0 Å². The second-order valence-corrected chi connectivity index (χ2v) is 16.3. The maximum atomic E-state index is 13.3. The quantitative estimate of drug-likeness (QED) is 0.0553. The Morgan fingerprint density at radius 2 is 1.53 bits per heavy atom. The number of ether oxygens (including phenoxy) is 3. The van der Waals surface area contributed by atoms with Crippen molar-refractivity contribution >= 4 is 48.8 Å². The third-order valence-corrected chi connectivity index (χ3v) is 11.8. The number of benzene rings is 3. The number of sulfonamides is 2. The molecule has 17 nitrogen and oxygen atoms in total. The summed E-state index contributed by atoms with van der Waals surface area (Å²) in [6.45, 7) is 5.01. The number of nitrogens with one attached hydrogen (secondary N) is 4. The molecule has 0 radical (unpaired) electrons. The van der Waals surface area contributed by atoms with Crippen LogP contribution in [0.15, 0.2) is 95.1 Å². The van der Waals surface area contributed by atoms with Crippen molar-refractivity contribution in [3.8, 4) is 11.1 Å². The van der Waals surface area contributed by atoms with Crippen LogP contribution in [-0.4, -0.2) is 107 Å². The van der Waals surface area contributed by atoms with E-state index in [0.717, 1.165) is 30.4 Å². The molecule has 19 heteroatoms. The lowest BCUT2D eigenvalue weighted by Crippen LogP contribution is -2.48. The Balaban J connectivity index is 1.13. The first-order valence-corrected chi connectivity index (χ1v) is 21.3. The summed E-state index contributed by atoms with van der Waals surface area (Å²) in [6.07, 6.45) is 6.54. The number of amides is 1. The average molecular weight is 825 g/mol. The zero-order valence-electron chi connectivity index (χ0n) is 32.0. The number of nitrogens with zero attached hydrogens (tertiary/aromatic N) is 4. The van der Waals surface area contributed by atoms with Crippen LogP contribution < -0.4 is 20.1 Å². The minimum absolute atomic E-state index is 0.0847. The van der Waals surface area contributed by atoms with Crippen LogP contribution in [-0.2, 0) is 52.6 Å². The minimum atomic E-state index is -4.25. The number of aryl methyl sites for hydroxylation is 2. The standard InChI is InChI=1S/C38H48N8O9S2/c1-4-54-23-24-55-22-6-18-43-56(49,50)32-12-7-28(8-13-32)29-9-14-33(15-10-29)57(51,52)44-34(37(48)53-3)27-41-36(47)30-11-16-35-31(25-30)26-42-46(35)20-5-17-39-38-40-19-21-45(38)2/h7-16,19,21,25-26,34,43-44H,4-6,17-18,20,22-24,27H2,1-3H3,(H,39,40)(H,41,47). The second kappa shape index (κ2) is 20.3. The molecule has 5 rings (SSSR count). The Morgan fingerprint density at radius 1 is 0.842 bits per heavy atom. The number of aromatic nitrogens is 4. The highest BCUT2D eigenvalue weighted by Crippen LogP contribution is 2.23. The van der Waals surface area contributed by atoms with Crippen LogP contribution in [0.25, 0.3) is 22.0 Å². The van der Waals surface area contributed by atoms with E-state index in [-0.39, 0.29) is 22.9 Å². The first kappa shape index (κ1) is 43.0. The van der Waals surface area contributed by atoms with Crippen molar-refractivity contribution in [3.63, 3.8) is 0 Å². The van der Waals surface area contributed by atoms with Gasteiger partial charge < -0.3 is 29.4 Å². The van der Waals surface area contributed by atoms with E-state index in [0.29, 0.717) is 62.6 Å². The average Bonchev–Trinajstić information content (AvgIpc) is 3.83. The molecule has 1 unspecified atom stereocenters. The third-order valence-electron chi connectivity index (χ3n) is 8.80. The number of fused-ring (bicyclic) bond motifs is 1. The number of rotatable bonds is 23. The van der Waals surface area contributed by atoms with Gasteiger partial charge in [0.2, 0.25) is 26.0 Å². The summed E-state index contributed by atoms with van der Waals surface area (Å²) in [6, 6.07) is 15.7. The molecule has 4 N–H and O–H groups in total. The first-order chi connectivity index (χ1) is 27.4. The predicted octanol–water partition coefficient (Wildman–Crippen LogP) is 2.91. The number of methoxy groups -OCH3 is 1. The maximum absolute atomic E-state index is 13.3. The summed E-state index contributed by atoms with van der Waals surface area (Å²) >= 11 is 0. The minimum Gasteiger partial charge on any atom is -0.468 e. The van der Waals surface area contributed by atoms with E-state index in [9.17, 15) is 26.4 Å². The maximum Gasteiger partial charge on any atom is 0.325 e. The van der Waals surface area contributed by atoms with Crippen molar-refractivity contribution in [2.45, 2.75) is 42.1 Å². The van der Waals surface area contributed by atoms with Crippen molar-refractivity contribution in [1.82, 2.24) is 34.1 Å². The third kappa shape index (κ3) is 11.9. The molecule has 0 saturated heterocycles. The zero-order valence-corrected chi connectivity index (χ0v) is 33.6. The van der Waals surface area contributed by atoms with Crippen LogP contribution in [0, 0.1) is 0 Å². The van der Waals surface area contributed by atoms with Gasteiger partial charge in [0.25, 0.3) is 5.91 Å². The van der Waals surface area contributed by atoms with Gasteiger partial charge in [0.15, 0.2) is 0 Å². The van der Waals surface area contributed by atoms with Gasteiger partial charge in [-0.15, -0.1) is 0 Å². The van der Waals surface area contributed by atoms with Gasteiger partial charge in [-0.25, -0.2) is 26.5 Å². The van der Waals surface area contributed by atoms with Crippen LogP contribution in [0.1, 0.15) is 30.1 Å². The largest absolute Gasteiger partial charge is 0.468 e. The van der Waals surface area contributed by atoms with Gasteiger partial charge in [-0.3, -0.25) is 14.3 Å². The number of carbonyl (C=O) groups excluding carboxylic acids is 2. The van der Waals surface area contributed by atoms with E-state index in [4.69, 9.17) is 14.2 Å². The summed E-state index contributed by atoms with van der Waals surface area (Å²) in [5.41, 5.74) is 2.43. The zero-order chi connectivity index (χ0) is 40.8. The van der Waals surface area contributed by atoms with E-state index in [1.807, 2.05) is 29.4 Å². The van der Waals surface area contributed by atoms with E-state index >= 15 is 0 Å². The molecule has 0 aliphatic heterocycles. The highest BCUT2D eigenvalue weighted by Gasteiger charge is 2.27.